The number of carbonyl (C=O) groups is 2. The first-order valence-electron chi connectivity index (χ1n) is 6.75. The summed E-state index contributed by atoms with van der Waals surface area (Å²) in [6.45, 7) is 0.205. The summed E-state index contributed by atoms with van der Waals surface area (Å²) in [4.78, 5) is 23.2. The van der Waals surface area contributed by atoms with Gasteiger partial charge in [0.2, 0.25) is 0 Å². The zero-order chi connectivity index (χ0) is 16.8. The van der Waals surface area contributed by atoms with E-state index in [1.54, 1.807) is 0 Å². The van der Waals surface area contributed by atoms with Gasteiger partial charge in [-0.05, 0) is 24.1 Å². The minimum Gasteiger partial charge on any atom is -0.347 e. The summed E-state index contributed by atoms with van der Waals surface area (Å²) in [6.07, 6.45) is 0.513. The SMILES string of the molecule is O=C(NCCc1ccccc1)C(=O)Nc1ccc(F)c(F)c1F. The molecule has 0 radical (unpaired) electrons. The van der Waals surface area contributed by atoms with Crippen LogP contribution in [0.4, 0.5) is 18.9 Å². The molecule has 0 saturated heterocycles. The molecule has 0 heterocycles. The maximum absolute atomic E-state index is 13.4. The molecule has 0 aliphatic heterocycles. The van der Waals surface area contributed by atoms with E-state index in [4.69, 9.17) is 0 Å². The molecule has 0 spiro atoms. The van der Waals surface area contributed by atoms with E-state index in [9.17, 15) is 22.8 Å². The Balaban J connectivity index is 1.88. The van der Waals surface area contributed by atoms with Gasteiger partial charge in [-0.1, -0.05) is 30.3 Å². The molecule has 23 heavy (non-hydrogen) atoms. The van der Waals surface area contributed by atoms with E-state index in [1.807, 2.05) is 35.6 Å². The Morgan fingerprint density at radius 3 is 2.26 bits per heavy atom. The van der Waals surface area contributed by atoms with E-state index in [0.717, 1.165) is 11.6 Å². The molecule has 0 unspecified atom stereocenters. The zero-order valence-corrected chi connectivity index (χ0v) is 11.9. The molecular formula is C16H13F3N2O2. The molecule has 2 aromatic rings. The van der Waals surface area contributed by atoms with E-state index in [-0.39, 0.29) is 6.54 Å². The van der Waals surface area contributed by atoms with Crippen LogP contribution in [0.2, 0.25) is 0 Å². The lowest BCUT2D eigenvalue weighted by Crippen LogP contribution is -2.36. The van der Waals surface area contributed by atoms with Crippen molar-refractivity contribution < 1.29 is 22.8 Å². The third-order valence-electron chi connectivity index (χ3n) is 3.03. The summed E-state index contributed by atoms with van der Waals surface area (Å²) in [7, 11) is 0. The van der Waals surface area contributed by atoms with Gasteiger partial charge in [-0.15, -0.1) is 0 Å². The molecule has 2 amide bonds. The largest absolute Gasteiger partial charge is 0.347 e. The van der Waals surface area contributed by atoms with Crippen molar-refractivity contribution in [3.63, 3.8) is 0 Å². The fourth-order valence-electron chi connectivity index (χ4n) is 1.85. The van der Waals surface area contributed by atoms with Gasteiger partial charge >= 0.3 is 11.8 Å². The molecule has 0 aromatic heterocycles. The van der Waals surface area contributed by atoms with Crippen molar-refractivity contribution in [2.24, 2.45) is 0 Å². The fourth-order valence-corrected chi connectivity index (χ4v) is 1.85. The van der Waals surface area contributed by atoms with Gasteiger partial charge in [0, 0.05) is 6.54 Å². The quantitative estimate of drug-likeness (QED) is 0.671. The number of benzene rings is 2. The van der Waals surface area contributed by atoms with Crippen molar-refractivity contribution in [3.05, 3.63) is 65.5 Å². The van der Waals surface area contributed by atoms with E-state index >= 15 is 0 Å². The topological polar surface area (TPSA) is 58.2 Å². The van der Waals surface area contributed by atoms with Crippen molar-refractivity contribution in [1.29, 1.82) is 0 Å². The highest BCUT2D eigenvalue weighted by Gasteiger charge is 2.18. The minimum absolute atomic E-state index is 0.205. The molecule has 2 rings (SSSR count). The lowest BCUT2D eigenvalue weighted by molar-refractivity contribution is -0.136. The highest BCUT2D eigenvalue weighted by atomic mass is 19.2. The van der Waals surface area contributed by atoms with Crippen LogP contribution in [0.3, 0.4) is 0 Å². The average Bonchev–Trinajstić information content (AvgIpc) is 2.56. The second-order valence-corrected chi connectivity index (χ2v) is 4.67. The fraction of sp³-hybridized carbons (Fsp3) is 0.125. The first-order chi connectivity index (χ1) is 11.0. The number of nitrogens with one attached hydrogen (secondary N) is 2. The first-order valence-corrected chi connectivity index (χ1v) is 6.75. The van der Waals surface area contributed by atoms with Crippen LogP contribution in [-0.2, 0) is 16.0 Å². The van der Waals surface area contributed by atoms with Gasteiger partial charge in [0.05, 0.1) is 5.69 Å². The lowest BCUT2D eigenvalue weighted by Gasteiger charge is -2.08. The van der Waals surface area contributed by atoms with Gasteiger partial charge in [-0.25, -0.2) is 13.2 Å². The predicted molar refractivity (Wildman–Crippen MR) is 78.1 cm³/mol. The summed E-state index contributed by atoms with van der Waals surface area (Å²) in [5.74, 6) is -6.82. The van der Waals surface area contributed by atoms with Crippen molar-refractivity contribution >= 4 is 17.5 Å². The molecule has 7 heteroatoms. The van der Waals surface area contributed by atoms with Crippen LogP contribution >= 0.6 is 0 Å². The van der Waals surface area contributed by atoms with E-state index in [1.165, 1.54) is 0 Å². The van der Waals surface area contributed by atoms with Crippen LogP contribution in [0.15, 0.2) is 42.5 Å². The molecular weight excluding hydrogens is 309 g/mol. The van der Waals surface area contributed by atoms with Crippen molar-refractivity contribution in [2.75, 3.05) is 11.9 Å². The molecule has 2 aromatic carbocycles. The number of halogens is 3. The molecule has 0 saturated carbocycles. The summed E-state index contributed by atoms with van der Waals surface area (Å²) in [5, 5.41) is 4.25. The molecule has 2 N–H and O–H groups in total. The lowest BCUT2D eigenvalue weighted by atomic mass is 10.1. The molecule has 0 aliphatic rings. The van der Waals surface area contributed by atoms with Crippen LogP contribution in [0.5, 0.6) is 0 Å². The monoisotopic (exact) mass is 322 g/mol. The Morgan fingerprint density at radius 1 is 0.870 bits per heavy atom. The van der Waals surface area contributed by atoms with E-state index in [0.29, 0.717) is 12.5 Å². The number of hydrogen-bond acceptors (Lipinski definition) is 2. The standard InChI is InChI=1S/C16H13F3N2O2/c17-11-6-7-12(14(19)13(11)18)21-16(23)15(22)20-9-8-10-4-2-1-3-5-10/h1-7H,8-9H2,(H,20,22)(H,21,23). The summed E-state index contributed by atoms with van der Waals surface area (Å²) < 4.78 is 39.2. The predicted octanol–water partition coefficient (Wildman–Crippen LogP) is 2.40. The van der Waals surface area contributed by atoms with Crippen LogP contribution in [-0.4, -0.2) is 18.4 Å². The van der Waals surface area contributed by atoms with Crippen molar-refractivity contribution in [2.45, 2.75) is 6.42 Å². The Bertz CT molecular complexity index is 721. The van der Waals surface area contributed by atoms with Gasteiger partial charge in [-0.3, -0.25) is 9.59 Å². The minimum atomic E-state index is -1.72. The van der Waals surface area contributed by atoms with Gasteiger partial charge in [0.25, 0.3) is 0 Å². The smallest absolute Gasteiger partial charge is 0.313 e. The van der Waals surface area contributed by atoms with Gasteiger partial charge in [0.1, 0.15) is 0 Å². The molecule has 0 bridgehead atoms. The maximum Gasteiger partial charge on any atom is 0.313 e. The molecule has 0 aliphatic carbocycles. The zero-order valence-electron chi connectivity index (χ0n) is 11.9. The number of anilines is 1. The van der Waals surface area contributed by atoms with Crippen molar-refractivity contribution in [3.8, 4) is 0 Å². The van der Waals surface area contributed by atoms with Gasteiger partial charge in [0.15, 0.2) is 17.5 Å². The first kappa shape index (κ1) is 16.5. The number of rotatable bonds is 4. The normalized spacial score (nSPS) is 10.2. The summed E-state index contributed by atoms with van der Waals surface area (Å²) >= 11 is 0. The van der Waals surface area contributed by atoms with Gasteiger partial charge < -0.3 is 10.6 Å². The van der Waals surface area contributed by atoms with Crippen molar-refractivity contribution in [1.82, 2.24) is 5.32 Å². The van der Waals surface area contributed by atoms with Crippen LogP contribution in [0.1, 0.15) is 5.56 Å². The molecule has 4 nitrogen and oxygen atoms in total. The Kier molecular flexibility index (Phi) is 5.35. The summed E-state index contributed by atoms with van der Waals surface area (Å²) in [6, 6.07) is 10.8. The third-order valence-corrected chi connectivity index (χ3v) is 3.03. The number of amides is 2. The van der Waals surface area contributed by atoms with E-state index < -0.39 is 35.0 Å². The molecule has 0 atom stereocenters. The second kappa shape index (κ2) is 7.44. The van der Waals surface area contributed by atoms with Crippen LogP contribution in [0.25, 0.3) is 0 Å². The number of carbonyl (C=O) groups excluding carboxylic acids is 2. The highest BCUT2D eigenvalue weighted by molar-refractivity contribution is 6.39. The van der Waals surface area contributed by atoms with Crippen LogP contribution < -0.4 is 10.6 Å². The molecule has 0 fully saturated rings. The maximum atomic E-state index is 13.4. The third kappa shape index (κ3) is 4.32. The van der Waals surface area contributed by atoms with Crippen LogP contribution in [0, 0.1) is 17.5 Å². The van der Waals surface area contributed by atoms with Gasteiger partial charge in [-0.2, -0.15) is 0 Å². The highest BCUT2D eigenvalue weighted by Crippen LogP contribution is 2.19. The summed E-state index contributed by atoms with van der Waals surface area (Å²) in [5.41, 5.74) is 0.368. The average molecular weight is 322 g/mol. The van der Waals surface area contributed by atoms with E-state index in [2.05, 4.69) is 5.32 Å². The molecule has 120 valence electrons. The Morgan fingerprint density at radius 2 is 1.57 bits per heavy atom. The number of hydrogen-bond donors (Lipinski definition) is 2. The Hall–Kier alpha value is -2.83. The Labute approximate surface area is 130 Å². The second-order valence-electron chi connectivity index (χ2n) is 4.67.